The smallest absolute Gasteiger partial charge is 0.458 e. The summed E-state index contributed by atoms with van der Waals surface area (Å²) in [6.07, 6.45) is -2.82. The average molecular weight is 675 g/mol. The van der Waals surface area contributed by atoms with Crippen LogP contribution < -0.4 is 5.14 Å². The van der Waals surface area contributed by atoms with Gasteiger partial charge in [0.1, 0.15) is 5.82 Å². The zero-order chi connectivity index (χ0) is 32.8. The predicted molar refractivity (Wildman–Crippen MR) is 163 cm³/mol. The lowest BCUT2D eigenvalue weighted by Crippen LogP contribution is -2.33. The predicted octanol–water partition coefficient (Wildman–Crippen LogP) is 8.66. The molecule has 3 aromatic carbocycles. The molecule has 3 N–H and O–H groups in total. The van der Waals surface area contributed by atoms with Crippen molar-refractivity contribution in [1.29, 1.82) is 0 Å². The molecule has 0 radical (unpaired) electrons. The molecule has 5 aromatic rings. The van der Waals surface area contributed by atoms with E-state index in [1.54, 1.807) is 41.1 Å². The molecule has 0 atom stereocenters. The molecule has 6 rings (SSSR count). The van der Waals surface area contributed by atoms with E-state index in [0.29, 0.717) is 45.4 Å². The summed E-state index contributed by atoms with van der Waals surface area (Å²) in [5.74, 6) is -6.27. The summed E-state index contributed by atoms with van der Waals surface area (Å²) in [6.45, 7) is 0. The van der Waals surface area contributed by atoms with Crippen molar-refractivity contribution in [1.82, 2.24) is 14.8 Å². The lowest BCUT2D eigenvalue weighted by molar-refractivity contribution is -0.289. The van der Waals surface area contributed by atoms with Crippen LogP contribution in [0.5, 0.6) is 0 Å². The average Bonchev–Trinajstić information content (AvgIpc) is 3.58. The van der Waals surface area contributed by atoms with Gasteiger partial charge in [-0.15, -0.1) is 11.3 Å². The largest absolute Gasteiger partial charge is 0.476 e. The fourth-order valence-corrected chi connectivity index (χ4v) is 6.25. The second-order valence-corrected chi connectivity index (χ2v) is 12.5. The molecule has 0 aliphatic heterocycles. The van der Waals surface area contributed by atoms with Gasteiger partial charge in [-0.1, -0.05) is 48.5 Å². The standard InChI is InChI=1S/C32H24F6N4O2S2/c33-24-13-18(6-11-27(24)46-39)12-23-26(14-17-4-5-17)42(30-40-25(16-45-30)29(43)44)41-28(23)21-3-1-2-20(15-21)19-7-9-22(10-8-19)31(34,35)32(36,37)38/h1-3,6-11,13,15-17H,4-5,12,14,39H2,(H,43,44). The first-order chi connectivity index (χ1) is 21.9. The number of rotatable bonds is 10. The SMILES string of the molecule is NSc1ccc(Cc2c(-c3cccc(-c4ccc(C(F)(F)C(F)(F)F)cc4)c3)nn(-c3nc(C(=O)O)cs3)c2CC2CC2)cc1F. The van der Waals surface area contributed by atoms with Crippen LogP contribution in [0.3, 0.4) is 0 Å². The normalized spacial score (nSPS) is 13.7. The van der Waals surface area contributed by atoms with Crippen LogP contribution in [0.15, 0.2) is 77.0 Å². The first-order valence-corrected chi connectivity index (χ1v) is 15.7. The minimum Gasteiger partial charge on any atom is -0.476 e. The number of carbonyl (C=O) groups is 1. The van der Waals surface area contributed by atoms with Crippen molar-refractivity contribution in [3.05, 3.63) is 106 Å². The van der Waals surface area contributed by atoms with Crippen molar-refractivity contribution in [3.8, 4) is 27.5 Å². The Balaban J connectivity index is 1.46. The van der Waals surface area contributed by atoms with Gasteiger partial charge in [-0.3, -0.25) is 5.14 Å². The summed E-state index contributed by atoms with van der Waals surface area (Å²) in [5.41, 5.74) is 2.99. The maximum absolute atomic E-state index is 14.8. The topological polar surface area (TPSA) is 94.0 Å². The van der Waals surface area contributed by atoms with Crippen LogP contribution >= 0.6 is 23.3 Å². The minimum absolute atomic E-state index is 0.130. The van der Waals surface area contributed by atoms with Crippen LogP contribution in [0.4, 0.5) is 26.3 Å². The molecular formula is C32H24F6N4O2S2. The molecule has 1 fully saturated rings. The Labute approximate surface area is 267 Å². The first-order valence-electron chi connectivity index (χ1n) is 14.0. The van der Waals surface area contributed by atoms with Gasteiger partial charge in [0.2, 0.25) is 5.13 Å². The van der Waals surface area contributed by atoms with Crippen molar-refractivity contribution < 1.29 is 36.2 Å². The van der Waals surface area contributed by atoms with E-state index in [4.69, 9.17) is 10.2 Å². The molecule has 0 unspecified atom stereocenters. The molecule has 1 saturated carbocycles. The summed E-state index contributed by atoms with van der Waals surface area (Å²) in [5, 5.41) is 21.7. The number of aromatic carboxylic acids is 1. The van der Waals surface area contributed by atoms with Gasteiger partial charge >= 0.3 is 18.1 Å². The zero-order valence-corrected chi connectivity index (χ0v) is 25.3. The zero-order valence-electron chi connectivity index (χ0n) is 23.7. The van der Waals surface area contributed by atoms with E-state index < -0.39 is 29.4 Å². The van der Waals surface area contributed by atoms with Gasteiger partial charge < -0.3 is 5.11 Å². The molecule has 46 heavy (non-hydrogen) atoms. The molecule has 0 saturated heterocycles. The third-order valence-electron chi connectivity index (χ3n) is 7.74. The molecule has 14 heteroatoms. The monoisotopic (exact) mass is 674 g/mol. The Bertz CT molecular complexity index is 1920. The summed E-state index contributed by atoms with van der Waals surface area (Å²) >= 11 is 1.91. The number of benzene rings is 3. The van der Waals surface area contributed by atoms with Crippen LogP contribution in [0, 0.1) is 11.7 Å². The maximum atomic E-state index is 14.8. The molecule has 0 bridgehead atoms. The van der Waals surface area contributed by atoms with Gasteiger partial charge in [0.15, 0.2) is 5.69 Å². The van der Waals surface area contributed by atoms with Crippen LogP contribution in [0.25, 0.3) is 27.5 Å². The van der Waals surface area contributed by atoms with Crippen molar-refractivity contribution in [2.24, 2.45) is 11.1 Å². The van der Waals surface area contributed by atoms with E-state index in [9.17, 15) is 36.2 Å². The Morgan fingerprint density at radius 1 is 1.00 bits per heavy atom. The van der Waals surface area contributed by atoms with E-state index in [-0.39, 0.29) is 17.0 Å². The number of hydrogen-bond donors (Lipinski definition) is 2. The van der Waals surface area contributed by atoms with Gasteiger partial charge in [0, 0.05) is 28.5 Å². The van der Waals surface area contributed by atoms with Gasteiger partial charge in [-0.2, -0.15) is 27.1 Å². The number of alkyl halides is 5. The van der Waals surface area contributed by atoms with Gasteiger partial charge in [0.05, 0.1) is 16.3 Å². The second-order valence-electron chi connectivity index (χ2n) is 10.9. The number of carboxylic acid groups (broad SMARTS) is 1. The van der Waals surface area contributed by atoms with Crippen LogP contribution in [0.1, 0.15) is 45.7 Å². The third-order valence-corrected chi connectivity index (χ3v) is 9.14. The molecule has 6 nitrogen and oxygen atoms in total. The number of halogens is 6. The summed E-state index contributed by atoms with van der Waals surface area (Å²) in [7, 11) is 0. The number of hydrogen-bond acceptors (Lipinski definition) is 6. The highest BCUT2D eigenvalue weighted by Crippen LogP contribution is 2.44. The van der Waals surface area contributed by atoms with E-state index in [1.165, 1.54) is 23.6 Å². The fourth-order valence-electron chi connectivity index (χ4n) is 5.16. The first kappa shape index (κ1) is 31.8. The van der Waals surface area contributed by atoms with E-state index in [2.05, 4.69) is 4.98 Å². The Hall–Kier alpha value is -4.14. The summed E-state index contributed by atoms with van der Waals surface area (Å²) in [6, 6.07) is 15.6. The van der Waals surface area contributed by atoms with Gasteiger partial charge in [-0.05, 0) is 72.0 Å². The quantitative estimate of drug-likeness (QED) is 0.114. The fraction of sp³-hybridized carbons (Fsp3) is 0.219. The number of nitrogens with two attached hydrogens (primary N) is 1. The number of aromatic nitrogens is 3. The molecule has 1 aliphatic carbocycles. The molecule has 0 spiro atoms. The molecule has 2 aromatic heterocycles. The van der Waals surface area contributed by atoms with Crippen molar-refractivity contribution >= 4 is 29.3 Å². The lowest BCUT2D eigenvalue weighted by atomic mass is 9.94. The molecule has 1 aliphatic rings. The highest BCUT2D eigenvalue weighted by atomic mass is 32.2. The van der Waals surface area contributed by atoms with Crippen molar-refractivity contribution in [3.63, 3.8) is 0 Å². The van der Waals surface area contributed by atoms with E-state index in [1.807, 2.05) is 0 Å². The van der Waals surface area contributed by atoms with E-state index >= 15 is 0 Å². The van der Waals surface area contributed by atoms with Gasteiger partial charge in [-0.25, -0.2) is 18.9 Å². The van der Waals surface area contributed by atoms with Gasteiger partial charge in [0.25, 0.3) is 0 Å². The van der Waals surface area contributed by atoms with Crippen LogP contribution in [0.2, 0.25) is 0 Å². The molecule has 238 valence electrons. The highest BCUT2D eigenvalue weighted by Gasteiger charge is 2.58. The maximum Gasteiger partial charge on any atom is 0.458 e. The Morgan fingerprint density at radius 3 is 2.33 bits per heavy atom. The minimum atomic E-state index is -5.73. The van der Waals surface area contributed by atoms with Crippen LogP contribution in [-0.4, -0.2) is 32.0 Å². The molecule has 0 amide bonds. The summed E-state index contributed by atoms with van der Waals surface area (Å²) in [4.78, 5) is 16.2. The van der Waals surface area contributed by atoms with E-state index in [0.717, 1.165) is 59.5 Å². The lowest BCUT2D eigenvalue weighted by Gasteiger charge is -2.20. The van der Waals surface area contributed by atoms with Crippen molar-refractivity contribution in [2.45, 2.75) is 42.7 Å². The van der Waals surface area contributed by atoms with Crippen LogP contribution in [-0.2, 0) is 18.8 Å². The Morgan fingerprint density at radius 2 is 1.72 bits per heavy atom. The molecular weight excluding hydrogens is 650 g/mol. The number of carboxylic acids is 1. The number of thiazole rings is 1. The summed E-state index contributed by atoms with van der Waals surface area (Å²) < 4.78 is 82.9. The number of nitrogens with zero attached hydrogens (tertiary/aromatic N) is 3. The third kappa shape index (κ3) is 6.29. The highest BCUT2D eigenvalue weighted by molar-refractivity contribution is 7.97. The van der Waals surface area contributed by atoms with Crippen molar-refractivity contribution in [2.75, 3.05) is 0 Å². The molecule has 2 heterocycles. The Kier molecular flexibility index (Phi) is 8.46. The second kappa shape index (κ2) is 12.2.